The van der Waals surface area contributed by atoms with E-state index >= 15 is 0 Å². The zero-order valence-corrected chi connectivity index (χ0v) is 7.88. The lowest BCUT2D eigenvalue weighted by Gasteiger charge is -2.33. The third-order valence-corrected chi connectivity index (χ3v) is 3.41. The molecule has 2 aliphatic heterocycles. The maximum atomic E-state index is 11.0. The fraction of sp³-hybridized carbons (Fsp3) is 0.889. The van der Waals surface area contributed by atoms with Crippen molar-refractivity contribution in [2.45, 2.75) is 19.3 Å². The van der Waals surface area contributed by atoms with Crippen molar-refractivity contribution in [2.75, 3.05) is 26.2 Å². The van der Waals surface area contributed by atoms with Gasteiger partial charge in [-0.05, 0) is 37.8 Å². The second kappa shape index (κ2) is 3.18. The number of piperidine rings is 1. The molecule has 2 aliphatic rings. The Morgan fingerprint density at radius 3 is 2.54 bits per heavy atom. The summed E-state index contributed by atoms with van der Waals surface area (Å²) < 4.78 is 0. The van der Waals surface area contributed by atoms with Crippen LogP contribution in [0.1, 0.15) is 19.3 Å². The molecule has 0 atom stereocenters. The molecular weight excluding hydrogens is 166 g/mol. The number of urea groups is 1. The van der Waals surface area contributed by atoms with Crippen molar-refractivity contribution < 1.29 is 4.79 Å². The molecule has 4 heteroatoms. The van der Waals surface area contributed by atoms with Crippen molar-refractivity contribution in [3.63, 3.8) is 0 Å². The Balaban J connectivity index is 1.98. The Hall–Kier alpha value is -0.770. The van der Waals surface area contributed by atoms with E-state index in [0.717, 1.165) is 32.6 Å². The summed E-state index contributed by atoms with van der Waals surface area (Å²) in [7, 11) is 0. The van der Waals surface area contributed by atoms with Gasteiger partial charge in [0.25, 0.3) is 0 Å². The van der Waals surface area contributed by atoms with Gasteiger partial charge in [0, 0.05) is 13.1 Å². The van der Waals surface area contributed by atoms with Gasteiger partial charge in [-0.15, -0.1) is 0 Å². The highest BCUT2D eigenvalue weighted by Gasteiger charge is 2.39. The Labute approximate surface area is 78.5 Å². The summed E-state index contributed by atoms with van der Waals surface area (Å²) in [4.78, 5) is 12.7. The second-order valence-electron chi connectivity index (χ2n) is 4.26. The number of rotatable bonds is 0. The largest absolute Gasteiger partial charge is 0.351 e. The molecule has 0 bridgehead atoms. The van der Waals surface area contributed by atoms with Gasteiger partial charge in [0.05, 0.1) is 0 Å². The smallest absolute Gasteiger partial charge is 0.314 e. The Kier molecular flexibility index (Phi) is 2.15. The number of primary amides is 1. The first-order valence-corrected chi connectivity index (χ1v) is 4.97. The van der Waals surface area contributed by atoms with Gasteiger partial charge in [0.1, 0.15) is 0 Å². The number of nitrogens with one attached hydrogen (secondary N) is 1. The second-order valence-corrected chi connectivity index (χ2v) is 4.26. The molecule has 2 fully saturated rings. The van der Waals surface area contributed by atoms with E-state index in [9.17, 15) is 4.79 Å². The van der Waals surface area contributed by atoms with E-state index in [1.807, 2.05) is 0 Å². The summed E-state index contributed by atoms with van der Waals surface area (Å²) in [6.45, 7) is 3.92. The molecule has 2 amide bonds. The molecule has 0 radical (unpaired) electrons. The van der Waals surface area contributed by atoms with E-state index in [1.54, 1.807) is 4.90 Å². The molecule has 0 aliphatic carbocycles. The van der Waals surface area contributed by atoms with E-state index in [1.165, 1.54) is 12.8 Å². The Morgan fingerprint density at radius 2 is 2.00 bits per heavy atom. The average molecular weight is 183 g/mol. The van der Waals surface area contributed by atoms with Crippen LogP contribution in [-0.2, 0) is 0 Å². The molecule has 4 nitrogen and oxygen atoms in total. The fourth-order valence-corrected chi connectivity index (χ4v) is 2.49. The molecule has 2 heterocycles. The Bertz CT molecular complexity index is 211. The number of likely N-dealkylation sites (tertiary alicyclic amines) is 1. The number of carbonyl (C=O) groups is 1. The van der Waals surface area contributed by atoms with Crippen LogP contribution in [-0.4, -0.2) is 37.1 Å². The van der Waals surface area contributed by atoms with Crippen molar-refractivity contribution in [3.05, 3.63) is 0 Å². The predicted octanol–water partition coefficient (Wildman–Crippen LogP) is 0.141. The predicted molar refractivity (Wildman–Crippen MR) is 50.3 cm³/mol. The molecule has 3 N–H and O–H groups in total. The van der Waals surface area contributed by atoms with E-state index in [2.05, 4.69) is 5.32 Å². The monoisotopic (exact) mass is 183 g/mol. The summed E-state index contributed by atoms with van der Waals surface area (Å²) in [6, 6.07) is -0.254. The lowest BCUT2D eigenvalue weighted by atomic mass is 9.78. The molecule has 13 heavy (non-hydrogen) atoms. The van der Waals surface area contributed by atoms with Gasteiger partial charge in [-0.3, -0.25) is 0 Å². The van der Waals surface area contributed by atoms with Gasteiger partial charge >= 0.3 is 6.03 Å². The van der Waals surface area contributed by atoms with Crippen LogP contribution in [0, 0.1) is 5.41 Å². The number of nitrogens with two attached hydrogens (primary N) is 1. The van der Waals surface area contributed by atoms with E-state index < -0.39 is 0 Å². The van der Waals surface area contributed by atoms with Gasteiger partial charge in [-0.2, -0.15) is 0 Å². The van der Waals surface area contributed by atoms with Crippen molar-refractivity contribution in [2.24, 2.45) is 11.1 Å². The lowest BCUT2D eigenvalue weighted by Crippen LogP contribution is -2.41. The molecule has 1 spiro atoms. The summed E-state index contributed by atoms with van der Waals surface area (Å²) in [5, 5.41) is 3.35. The molecule has 0 aromatic carbocycles. The third-order valence-electron chi connectivity index (χ3n) is 3.41. The van der Waals surface area contributed by atoms with Gasteiger partial charge in [-0.1, -0.05) is 0 Å². The zero-order chi connectivity index (χ0) is 9.31. The maximum absolute atomic E-state index is 11.0. The number of hydrogen-bond acceptors (Lipinski definition) is 2. The molecule has 0 aromatic rings. The summed E-state index contributed by atoms with van der Waals surface area (Å²) in [5.41, 5.74) is 5.65. The van der Waals surface area contributed by atoms with Crippen molar-refractivity contribution in [3.8, 4) is 0 Å². The standard InChI is InChI=1S/C9H17N3O/c10-8(13)12-6-3-9(7-12)1-4-11-5-2-9/h11H,1-7H2,(H2,10,13). The van der Waals surface area contributed by atoms with Crippen LogP contribution >= 0.6 is 0 Å². The topological polar surface area (TPSA) is 58.4 Å². The van der Waals surface area contributed by atoms with Crippen LogP contribution in [0.5, 0.6) is 0 Å². The van der Waals surface area contributed by atoms with Crippen molar-refractivity contribution in [1.29, 1.82) is 0 Å². The highest BCUT2D eigenvalue weighted by Crippen LogP contribution is 2.38. The number of carbonyl (C=O) groups excluding carboxylic acids is 1. The first-order chi connectivity index (χ1) is 6.22. The summed E-state index contributed by atoms with van der Waals surface area (Å²) >= 11 is 0. The fourth-order valence-electron chi connectivity index (χ4n) is 2.49. The van der Waals surface area contributed by atoms with E-state index in [0.29, 0.717) is 5.41 Å². The normalized spacial score (nSPS) is 26.6. The number of nitrogens with zero attached hydrogens (tertiary/aromatic N) is 1. The SMILES string of the molecule is NC(=O)N1CCC2(CCNCC2)C1. The minimum Gasteiger partial charge on any atom is -0.351 e. The minimum atomic E-state index is -0.254. The van der Waals surface area contributed by atoms with Crippen LogP contribution in [0.15, 0.2) is 0 Å². The Morgan fingerprint density at radius 1 is 1.31 bits per heavy atom. The molecule has 0 saturated carbocycles. The first-order valence-electron chi connectivity index (χ1n) is 4.97. The summed E-state index contributed by atoms with van der Waals surface area (Å²) in [6.07, 6.45) is 3.52. The highest BCUT2D eigenvalue weighted by atomic mass is 16.2. The van der Waals surface area contributed by atoms with E-state index in [4.69, 9.17) is 5.73 Å². The molecule has 2 rings (SSSR count). The van der Waals surface area contributed by atoms with Gasteiger partial charge < -0.3 is 16.0 Å². The van der Waals surface area contributed by atoms with Crippen LogP contribution in [0.3, 0.4) is 0 Å². The molecular formula is C9H17N3O. The van der Waals surface area contributed by atoms with Crippen LogP contribution in [0.25, 0.3) is 0 Å². The average Bonchev–Trinajstić information content (AvgIpc) is 2.51. The molecule has 0 aromatic heterocycles. The van der Waals surface area contributed by atoms with E-state index in [-0.39, 0.29) is 6.03 Å². The minimum absolute atomic E-state index is 0.254. The summed E-state index contributed by atoms with van der Waals surface area (Å²) in [5.74, 6) is 0. The highest BCUT2D eigenvalue weighted by molar-refractivity contribution is 5.72. The maximum Gasteiger partial charge on any atom is 0.314 e. The van der Waals surface area contributed by atoms with Crippen molar-refractivity contribution in [1.82, 2.24) is 10.2 Å². The quantitative estimate of drug-likeness (QED) is 0.561. The van der Waals surface area contributed by atoms with Crippen molar-refractivity contribution >= 4 is 6.03 Å². The van der Waals surface area contributed by atoms with Crippen LogP contribution in [0.2, 0.25) is 0 Å². The van der Waals surface area contributed by atoms with Gasteiger partial charge in [0.2, 0.25) is 0 Å². The molecule has 0 unspecified atom stereocenters. The number of hydrogen-bond donors (Lipinski definition) is 2. The van der Waals surface area contributed by atoms with Gasteiger partial charge in [-0.25, -0.2) is 4.79 Å². The third kappa shape index (κ3) is 1.63. The lowest BCUT2D eigenvalue weighted by molar-refractivity contribution is 0.189. The zero-order valence-electron chi connectivity index (χ0n) is 7.88. The van der Waals surface area contributed by atoms with Crippen LogP contribution in [0.4, 0.5) is 4.79 Å². The number of amides is 2. The molecule has 74 valence electrons. The first kappa shape index (κ1) is 8.81. The van der Waals surface area contributed by atoms with Crippen LogP contribution < -0.4 is 11.1 Å². The molecule has 2 saturated heterocycles. The van der Waals surface area contributed by atoms with Gasteiger partial charge in [0.15, 0.2) is 0 Å².